The molecule has 2 unspecified atom stereocenters. The van der Waals surface area contributed by atoms with Gasteiger partial charge < -0.3 is 4.74 Å². The van der Waals surface area contributed by atoms with Crippen molar-refractivity contribution < 1.29 is 4.74 Å². The van der Waals surface area contributed by atoms with Crippen molar-refractivity contribution in [3.8, 4) is 0 Å². The molecule has 1 aliphatic carbocycles. The lowest BCUT2D eigenvalue weighted by Gasteiger charge is -1.92. The predicted octanol–water partition coefficient (Wildman–Crippen LogP) is 2.14. The van der Waals surface area contributed by atoms with Crippen LogP contribution in [0.25, 0.3) is 0 Å². The van der Waals surface area contributed by atoms with Crippen molar-refractivity contribution in [1.82, 2.24) is 0 Å². The molecule has 0 aromatic heterocycles. The Bertz CT molecular complexity index is 103. The Labute approximate surface area is 66.0 Å². The van der Waals surface area contributed by atoms with E-state index in [9.17, 15) is 0 Å². The lowest BCUT2D eigenvalue weighted by atomic mass is 10.5. The van der Waals surface area contributed by atoms with Crippen molar-refractivity contribution in [2.45, 2.75) is 16.3 Å². The molecule has 0 aliphatic heterocycles. The van der Waals surface area contributed by atoms with E-state index in [0.29, 0.717) is 12.0 Å². The van der Waals surface area contributed by atoms with Gasteiger partial charge in [0.15, 0.2) is 0 Å². The van der Waals surface area contributed by atoms with E-state index >= 15 is 0 Å². The van der Waals surface area contributed by atoms with Crippen LogP contribution in [-0.4, -0.2) is 16.4 Å². The van der Waals surface area contributed by atoms with Gasteiger partial charge in [0.05, 0.1) is 6.10 Å². The number of hydrogen-bond donors (Lipinski definition) is 0. The second kappa shape index (κ2) is 1.96. The van der Waals surface area contributed by atoms with Crippen LogP contribution in [0.1, 0.15) is 6.92 Å². The van der Waals surface area contributed by atoms with Gasteiger partial charge in [0.1, 0.15) is 3.23 Å². The standard InChI is InChI=1S/C5H8Br2O/c1-3-4(8-2)5(3,6)7/h3-4H,1-2H3. The van der Waals surface area contributed by atoms with E-state index in [1.165, 1.54) is 0 Å². The van der Waals surface area contributed by atoms with E-state index in [1.807, 2.05) is 0 Å². The van der Waals surface area contributed by atoms with Crippen molar-refractivity contribution in [2.75, 3.05) is 7.11 Å². The van der Waals surface area contributed by atoms with Gasteiger partial charge in [-0.1, -0.05) is 38.8 Å². The number of alkyl halides is 2. The topological polar surface area (TPSA) is 9.23 Å². The first-order valence-electron chi connectivity index (χ1n) is 2.51. The normalized spacial score (nSPS) is 42.0. The molecule has 0 bridgehead atoms. The van der Waals surface area contributed by atoms with Crippen LogP contribution in [0.5, 0.6) is 0 Å². The Morgan fingerprint density at radius 2 is 1.88 bits per heavy atom. The Morgan fingerprint density at radius 3 is 1.88 bits per heavy atom. The van der Waals surface area contributed by atoms with Crippen LogP contribution < -0.4 is 0 Å². The molecule has 1 fully saturated rings. The fourth-order valence-corrected chi connectivity index (χ4v) is 2.19. The third-order valence-corrected chi connectivity index (χ3v) is 3.93. The van der Waals surface area contributed by atoms with Gasteiger partial charge in [-0.25, -0.2) is 0 Å². The molecule has 1 rings (SSSR count). The zero-order chi connectivity index (χ0) is 6.36. The molecule has 0 spiro atoms. The Hall–Kier alpha value is 0.920. The van der Waals surface area contributed by atoms with Gasteiger partial charge in [0.25, 0.3) is 0 Å². The zero-order valence-corrected chi connectivity index (χ0v) is 7.99. The number of halogens is 2. The van der Waals surface area contributed by atoms with Gasteiger partial charge in [-0.2, -0.15) is 0 Å². The highest BCUT2D eigenvalue weighted by atomic mass is 79.9. The maximum absolute atomic E-state index is 5.09. The molecule has 48 valence electrons. The van der Waals surface area contributed by atoms with Crippen molar-refractivity contribution in [2.24, 2.45) is 5.92 Å². The van der Waals surface area contributed by atoms with Gasteiger partial charge in [-0.05, 0) is 0 Å². The van der Waals surface area contributed by atoms with Crippen molar-refractivity contribution in [1.29, 1.82) is 0 Å². The Morgan fingerprint density at radius 1 is 1.50 bits per heavy atom. The Kier molecular flexibility index (Phi) is 1.72. The zero-order valence-electron chi connectivity index (χ0n) is 4.82. The molecule has 8 heavy (non-hydrogen) atoms. The highest BCUT2D eigenvalue weighted by Gasteiger charge is 2.59. The average Bonchev–Trinajstić information content (AvgIpc) is 2.09. The van der Waals surface area contributed by atoms with Crippen LogP contribution in [0.15, 0.2) is 0 Å². The molecule has 0 radical (unpaired) electrons. The maximum atomic E-state index is 5.09. The molecule has 0 aromatic rings. The van der Waals surface area contributed by atoms with E-state index < -0.39 is 0 Å². The molecule has 0 heterocycles. The number of methoxy groups -OCH3 is 1. The van der Waals surface area contributed by atoms with Crippen LogP contribution >= 0.6 is 31.9 Å². The van der Waals surface area contributed by atoms with Gasteiger partial charge in [0.2, 0.25) is 0 Å². The van der Waals surface area contributed by atoms with E-state index in [1.54, 1.807) is 7.11 Å². The minimum absolute atomic E-state index is 0.0781. The summed E-state index contributed by atoms with van der Waals surface area (Å²) in [5.41, 5.74) is 0. The highest BCUT2D eigenvalue weighted by molar-refractivity contribution is 9.25. The third kappa shape index (κ3) is 0.847. The number of hydrogen-bond acceptors (Lipinski definition) is 1. The summed E-state index contributed by atoms with van der Waals surface area (Å²) in [5, 5.41) is 0. The summed E-state index contributed by atoms with van der Waals surface area (Å²) < 4.78 is 5.17. The molecular weight excluding hydrogens is 236 g/mol. The van der Waals surface area contributed by atoms with Gasteiger partial charge in [-0.3, -0.25) is 0 Å². The van der Waals surface area contributed by atoms with Crippen molar-refractivity contribution >= 4 is 31.9 Å². The van der Waals surface area contributed by atoms with Crippen LogP contribution in [0, 0.1) is 5.92 Å². The van der Waals surface area contributed by atoms with Crippen LogP contribution in [0.3, 0.4) is 0 Å². The predicted molar refractivity (Wildman–Crippen MR) is 40.5 cm³/mol. The molecule has 1 nitrogen and oxygen atoms in total. The second-order valence-corrected chi connectivity index (χ2v) is 5.81. The number of rotatable bonds is 1. The quantitative estimate of drug-likeness (QED) is 0.642. The fraction of sp³-hybridized carbons (Fsp3) is 1.00. The summed E-state index contributed by atoms with van der Waals surface area (Å²) in [6.07, 6.45) is 0.350. The summed E-state index contributed by atoms with van der Waals surface area (Å²) >= 11 is 6.94. The SMILES string of the molecule is COC1C(C)C1(Br)Br. The summed E-state index contributed by atoms with van der Waals surface area (Å²) in [6.45, 7) is 2.14. The molecule has 1 saturated carbocycles. The van der Waals surface area contributed by atoms with Gasteiger partial charge >= 0.3 is 0 Å². The minimum atomic E-state index is 0.0781. The second-order valence-electron chi connectivity index (χ2n) is 2.12. The monoisotopic (exact) mass is 242 g/mol. The molecule has 0 N–H and O–H groups in total. The first-order valence-corrected chi connectivity index (χ1v) is 4.10. The largest absolute Gasteiger partial charge is 0.379 e. The third-order valence-electron chi connectivity index (χ3n) is 1.59. The molecule has 0 saturated heterocycles. The summed E-state index contributed by atoms with van der Waals surface area (Å²) in [6, 6.07) is 0. The number of ether oxygens (including phenoxy) is 1. The fourth-order valence-electron chi connectivity index (χ4n) is 0.805. The molecule has 1 aliphatic rings. The first-order chi connectivity index (χ1) is 3.60. The first kappa shape index (κ1) is 7.03. The van der Waals surface area contributed by atoms with E-state index in [0.717, 1.165) is 0 Å². The summed E-state index contributed by atoms with van der Waals surface area (Å²) in [4.78, 5) is 0. The van der Waals surface area contributed by atoms with E-state index in [4.69, 9.17) is 4.74 Å². The van der Waals surface area contributed by atoms with Crippen LogP contribution in [-0.2, 0) is 4.74 Å². The highest BCUT2D eigenvalue weighted by Crippen LogP contribution is 2.57. The Balaban J connectivity index is 2.45. The molecule has 2 atom stereocenters. The van der Waals surface area contributed by atoms with Gasteiger partial charge in [-0.15, -0.1) is 0 Å². The van der Waals surface area contributed by atoms with Crippen LogP contribution in [0.4, 0.5) is 0 Å². The summed E-state index contributed by atoms with van der Waals surface area (Å²) in [7, 11) is 1.73. The lowest BCUT2D eigenvalue weighted by Crippen LogP contribution is -1.95. The minimum Gasteiger partial charge on any atom is -0.379 e. The average molecular weight is 244 g/mol. The van der Waals surface area contributed by atoms with E-state index in [2.05, 4.69) is 38.8 Å². The molecule has 0 amide bonds. The smallest absolute Gasteiger partial charge is 0.112 e. The molecule has 3 heteroatoms. The van der Waals surface area contributed by atoms with Crippen LogP contribution in [0.2, 0.25) is 0 Å². The lowest BCUT2D eigenvalue weighted by molar-refractivity contribution is 0.172. The van der Waals surface area contributed by atoms with Crippen molar-refractivity contribution in [3.05, 3.63) is 0 Å². The van der Waals surface area contributed by atoms with Gasteiger partial charge in [0, 0.05) is 13.0 Å². The van der Waals surface area contributed by atoms with E-state index in [-0.39, 0.29) is 3.23 Å². The van der Waals surface area contributed by atoms with Crippen molar-refractivity contribution in [3.63, 3.8) is 0 Å². The summed E-state index contributed by atoms with van der Waals surface area (Å²) in [5.74, 6) is 0.590. The molecular formula is C5H8Br2O. The maximum Gasteiger partial charge on any atom is 0.112 e. The molecule has 0 aromatic carbocycles.